The van der Waals surface area contributed by atoms with Crippen LogP contribution in [-0.2, 0) is 16.1 Å². The number of rotatable bonds is 6. The molecule has 1 aromatic rings. The Bertz CT molecular complexity index is 328. The number of unbranched alkanes of at least 4 members (excludes halogenated alkanes) is 2. The molecule has 0 fully saturated rings. The van der Waals surface area contributed by atoms with Gasteiger partial charge in [-0.05, 0) is 12.0 Å². The summed E-state index contributed by atoms with van der Waals surface area (Å²) in [7, 11) is 0. The van der Waals surface area contributed by atoms with Crippen LogP contribution in [0.1, 0.15) is 31.7 Å². The van der Waals surface area contributed by atoms with Crippen molar-refractivity contribution in [1.82, 2.24) is 0 Å². The SMILES string of the molecule is CCCCC=CC(=O)OCc1ccccc1. The lowest BCUT2D eigenvalue weighted by atomic mass is 10.2. The van der Waals surface area contributed by atoms with E-state index in [2.05, 4.69) is 6.92 Å². The minimum atomic E-state index is -0.264. The van der Waals surface area contributed by atoms with E-state index in [1.807, 2.05) is 36.4 Å². The van der Waals surface area contributed by atoms with E-state index in [0.29, 0.717) is 6.61 Å². The van der Waals surface area contributed by atoms with Crippen LogP contribution in [-0.4, -0.2) is 5.97 Å². The maximum Gasteiger partial charge on any atom is 0.330 e. The fourth-order valence-electron chi connectivity index (χ4n) is 1.28. The van der Waals surface area contributed by atoms with E-state index in [0.717, 1.165) is 24.8 Å². The minimum Gasteiger partial charge on any atom is -0.458 e. The molecule has 0 aliphatic heterocycles. The highest BCUT2D eigenvalue weighted by atomic mass is 16.5. The second-order valence-electron chi connectivity index (χ2n) is 3.64. The maximum atomic E-state index is 11.3. The van der Waals surface area contributed by atoms with Crippen LogP contribution in [0.15, 0.2) is 42.5 Å². The van der Waals surface area contributed by atoms with Gasteiger partial charge in [0.1, 0.15) is 6.61 Å². The van der Waals surface area contributed by atoms with Gasteiger partial charge in [0.2, 0.25) is 0 Å². The lowest BCUT2D eigenvalue weighted by Gasteiger charge is -2.01. The van der Waals surface area contributed by atoms with Crippen LogP contribution < -0.4 is 0 Å². The standard InChI is InChI=1S/C14H18O2/c1-2-3-4-8-11-14(15)16-12-13-9-6-5-7-10-13/h5-11H,2-4,12H2,1H3. The zero-order valence-corrected chi connectivity index (χ0v) is 9.69. The molecule has 0 N–H and O–H groups in total. The van der Waals surface area contributed by atoms with Gasteiger partial charge in [-0.3, -0.25) is 0 Å². The van der Waals surface area contributed by atoms with E-state index in [9.17, 15) is 4.79 Å². The van der Waals surface area contributed by atoms with Gasteiger partial charge in [0.05, 0.1) is 0 Å². The van der Waals surface area contributed by atoms with Gasteiger partial charge in [0.15, 0.2) is 0 Å². The van der Waals surface area contributed by atoms with Crippen molar-refractivity contribution >= 4 is 5.97 Å². The van der Waals surface area contributed by atoms with Crippen LogP contribution in [0.3, 0.4) is 0 Å². The summed E-state index contributed by atoms with van der Waals surface area (Å²) in [4.78, 5) is 11.3. The van der Waals surface area contributed by atoms with Crippen molar-refractivity contribution in [3.05, 3.63) is 48.0 Å². The summed E-state index contributed by atoms with van der Waals surface area (Å²) in [5.74, 6) is -0.264. The number of ether oxygens (including phenoxy) is 1. The normalized spacial score (nSPS) is 10.6. The molecule has 1 rings (SSSR count). The average Bonchev–Trinajstić information content (AvgIpc) is 2.33. The summed E-state index contributed by atoms with van der Waals surface area (Å²) in [5.41, 5.74) is 1.01. The van der Waals surface area contributed by atoms with E-state index in [4.69, 9.17) is 4.74 Å². The van der Waals surface area contributed by atoms with Crippen molar-refractivity contribution in [2.75, 3.05) is 0 Å². The third-order valence-electron chi connectivity index (χ3n) is 2.20. The Hall–Kier alpha value is -1.57. The quantitative estimate of drug-likeness (QED) is 0.415. The molecule has 16 heavy (non-hydrogen) atoms. The van der Waals surface area contributed by atoms with E-state index < -0.39 is 0 Å². The highest BCUT2D eigenvalue weighted by molar-refractivity contribution is 5.81. The number of benzene rings is 1. The fourth-order valence-corrected chi connectivity index (χ4v) is 1.28. The summed E-state index contributed by atoms with van der Waals surface area (Å²) in [6, 6.07) is 9.68. The molecule has 0 atom stereocenters. The third kappa shape index (κ3) is 5.35. The van der Waals surface area contributed by atoms with Gasteiger partial charge in [-0.2, -0.15) is 0 Å². The van der Waals surface area contributed by atoms with Gasteiger partial charge >= 0.3 is 5.97 Å². The van der Waals surface area contributed by atoms with Gasteiger partial charge in [-0.1, -0.05) is 56.2 Å². The number of carbonyl (C=O) groups is 1. The Kier molecular flexibility index (Phi) is 6.00. The molecule has 0 bridgehead atoms. The Balaban J connectivity index is 2.23. The first kappa shape index (κ1) is 12.5. The van der Waals surface area contributed by atoms with Gasteiger partial charge in [-0.25, -0.2) is 4.79 Å². The lowest BCUT2D eigenvalue weighted by Crippen LogP contribution is -2.00. The molecule has 2 nitrogen and oxygen atoms in total. The predicted octanol–water partition coefficient (Wildman–Crippen LogP) is 3.48. The monoisotopic (exact) mass is 218 g/mol. The second kappa shape index (κ2) is 7.69. The number of carbonyl (C=O) groups excluding carboxylic acids is 1. The molecule has 2 heteroatoms. The fraction of sp³-hybridized carbons (Fsp3) is 0.357. The molecule has 0 aliphatic carbocycles. The molecular weight excluding hydrogens is 200 g/mol. The van der Waals surface area contributed by atoms with Gasteiger partial charge in [-0.15, -0.1) is 0 Å². The van der Waals surface area contributed by atoms with Crippen molar-refractivity contribution in [2.45, 2.75) is 32.8 Å². The summed E-state index contributed by atoms with van der Waals surface area (Å²) < 4.78 is 5.08. The van der Waals surface area contributed by atoms with Crippen molar-refractivity contribution in [3.63, 3.8) is 0 Å². The first-order chi connectivity index (χ1) is 7.83. The van der Waals surface area contributed by atoms with Gasteiger partial charge < -0.3 is 4.74 Å². The molecule has 0 radical (unpaired) electrons. The van der Waals surface area contributed by atoms with Gasteiger partial charge in [0.25, 0.3) is 0 Å². The Morgan fingerprint density at radius 3 is 2.75 bits per heavy atom. The minimum absolute atomic E-state index is 0.264. The molecule has 0 spiro atoms. The number of hydrogen-bond donors (Lipinski definition) is 0. The van der Waals surface area contributed by atoms with E-state index >= 15 is 0 Å². The van der Waals surface area contributed by atoms with Crippen molar-refractivity contribution in [2.24, 2.45) is 0 Å². The van der Waals surface area contributed by atoms with Gasteiger partial charge in [0, 0.05) is 6.08 Å². The summed E-state index contributed by atoms with van der Waals surface area (Å²) in [5, 5.41) is 0. The average molecular weight is 218 g/mol. The molecule has 0 heterocycles. The zero-order chi connectivity index (χ0) is 11.6. The Morgan fingerprint density at radius 1 is 1.31 bits per heavy atom. The second-order valence-corrected chi connectivity index (χ2v) is 3.64. The molecule has 0 unspecified atom stereocenters. The highest BCUT2D eigenvalue weighted by Crippen LogP contribution is 2.01. The molecule has 86 valence electrons. The van der Waals surface area contributed by atoms with Crippen molar-refractivity contribution < 1.29 is 9.53 Å². The molecule has 0 amide bonds. The third-order valence-corrected chi connectivity index (χ3v) is 2.20. The lowest BCUT2D eigenvalue weighted by molar-refractivity contribution is -0.139. The van der Waals surface area contributed by atoms with Crippen LogP contribution >= 0.6 is 0 Å². The van der Waals surface area contributed by atoms with E-state index in [1.54, 1.807) is 0 Å². The van der Waals surface area contributed by atoms with Crippen molar-refractivity contribution in [3.8, 4) is 0 Å². The van der Waals surface area contributed by atoms with Crippen molar-refractivity contribution in [1.29, 1.82) is 0 Å². The number of esters is 1. The highest BCUT2D eigenvalue weighted by Gasteiger charge is 1.97. The molecular formula is C14H18O2. The van der Waals surface area contributed by atoms with Crippen LogP contribution in [0.5, 0.6) is 0 Å². The zero-order valence-electron chi connectivity index (χ0n) is 9.69. The first-order valence-corrected chi connectivity index (χ1v) is 5.70. The molecule has 0 aromatic heterocycles. The first-order valence-electron chi connectivity index (χ1n) is 5.70. The van der Waals surface area contributed by atoms with Crippen LogP contribution in [0.2, 0.25) is 0 Å². The smallest absolute Gasteiger partial charge is 0.330 e. The predicted molar refractivity (Wildman–Crippen MR) is 64.9 cm³/mol. The molecule has 0 saturated carbocycles. The molecule has 0 aliphatic rings. The largest absolute Gasteiger partial charge is 0.458 e. The topological polar surface area (TPSA) is 26.3 Å². The molecule has 1 aromatic carbocycles. The van der Waals surface area contributed by atoms with E-state index in [-0.39, 0.29) is 5.97 Å². The molecule has 0 saturated heterocycles. The van der Waals surface area contributed by atoms with E-state index in [1.165, 1.54) is 6.08 Å². The Morgan fingerprint density at radius 2 is 2.06 bits per heavy atom. The summed E-state index contributed by atoms with van der Waals surface area (Å²) in [6.07, 6.45) is 6.58. The van der Waals surface area contributed by atoms with Crippen LogP contribution in [0, 0.1) is 0 Å². The summed E-state index contributed by atoms with van der Waals surface area (Å²) in [6.45, 7) is 2.47. The maximum absolute atomic E-state index is 11.3. The van der Waals surface area contributed by atoms with Crippen LogP contribution in [0.4, 0.5) is 0 Å². The number of hydrogen-bond acceptors (Lipinski definition) is 2. The van der Waals surface area contributed by atoms with Crippen LogP contribution in [0.25, 0.3) is 0 Å². The number of allylic oxidation sites excluding steroid dienone is 1. The summed E-state index contributed by atoms with van der Waals surface area (Å²) >= 11 is 0. The Labute approximate surface area is 96.9 Å².